The van der Waals surface area contributed by atoms with E-state index in [2.05, 4.69) is 16.5 Å². The molecule has 1 fully saturated rings. The molecule has 1 saturated heterocycles. The Balaban J connectivity index is 2.04. The van der Waals surface area contributed by atoms with Crippen molar-refractivity contribution in [3.8, 4) is 0 Å². The summed E-state index contributed by atoms with van der Waals surface area (Å²) in [6.07, 6.45) is 3.30. The fourth-order valence-electron chi connectivity index (χ4n) is 3.99. The summed E-state index contributed by atoms with van der Waals surface area (Å²) in [7, 11) is -7.86. The molecule has 7 nitrogen and oxygen atoms in total. The summed E-state index contributed by atoms with van der Waals surface area (Å²) in [4.78, 5) is 2.21. The number of nitrogens with zero attached hydrogens (tertiary/aromatic N) is 1. The highest BCUT2D eigenvalue weighted by atomic mass is 32.2. The predicted octanol–water partition coefficient (Wildman–Crippen LogP) is 3.44. The van der Waals surface area contributed by atoms with Crippen LogP contribution in [0.25, 0.3) is 0 Å². The molecule has 1 aliphatic heterocycles. The average molecular weight is 452 g/mol. The highest BCUT2D eigenvalue weighted by molar-refractivity contribution is 7.92. The number of anilines is 2. The Morgan fingerprint density at radius 1 is 0.967 bits per heavy atom. The van der Waals surface area contributed by atoms with Gasteiger partial charge in [0.15, 0.2) is 0 Å². The minimum atomic E-state index is -3.93. The lowest BCUT2D eigenvalue weighted by Gasteiger charge is -2.36. The molecule has 30 heavy (non-hydrogen) atoms. The number of hydrogen-bond donors (Lipinski definition) is 2. The van der Waals surface area contributed by atoms with Gasteiger partial charge in [-0.15, -0.1) is 0 Å². The topological polar surface area (TPSA) is 110 Å². The molecule has 9 heteroatoms. The molecule has 3 N–H and O–H groups in total. The van der Waals surface area contributed by atoms with Crippen LogP contribution in [-0.4, -0.2) is 29.4 Å². The maximum atomic E-state index is 13.2. The monoisotopic (exact) mass is 451 g/mol. The molecule has 164 valence electrons. The molecule has 2 aromatic carbocycles. The van der Waals surface area contributed by atoms with Gasteiger partial charge in [0.2, 0.25) is 10.0 Å². The summed E-state index contributed by atoms with van der Waals surface area (Å²) in [5.41, 5.74) is 3.11. The number of sulfonamides is 2. The number of primary sulfonamides is 1. The van der Waals surface area contributed by atoms with E-state index in [1.807, 2.05) is 19.1 Å². The first-order valence-corrected chi connectivity index (χ1v) is 13.0. The van der Waals surface area contributed by atoms with Crippen molar-refractivity contribution in [3.05, 3.63) is 47.0 Å². The minimum absolute atomic E-state index is 0.0330. The molecule has 0 aliphatic carbocycles. The van der Waals surface area contributed by atoms with Gasteiger partial charge in [-0.05, 0) is 87.9 Å². The third-order valence-electron chi connectivity index (χ3n) is 5.79. The highest BCUT2D eigenvalue weighted by Gasteiger charge is 2.26. The van der Waals surface area contributed by atoms with Gasteiger partial charge in [0, 0.05) is 12.6 Å². The number of aryl methyl sites for hydroxylation is 1. The van der Waals surface area contributed by atoms with Crippen LogP contribution < -0.4 is 14.8 Å². The Bertz CT molecular complexity index is 1170. The van der Waals surface area contributed by atoms with E-state index in [4.69, 9.17) is 5.14 Å². The standard InChI is InChI=1S/C21H29N3O4S2/c1-14-8-9-18(19(13-14)24-12-6-5-7-15(24)2)23-30(27,28)21-11-10-20(29(22,25)26)16(3)17(21)4/h8-11,13,15,23H,5-7,12H2,1-4H3,(H2,22,25,26). The Morgan fingerprint density at radius 3 is 2.23 bits per heavy atom. The molecule has 1 aliphatic rings. The van der Waals surface area contributed by atoms with Crippen molar-refractivity contribution in [1.29, 1.82) is 0 Å². The third kappa shape index (κ3) is 4.48. The summed E-state index contributed by atoms with van der Waals surface area (Å²) in [6.45, 7) is 8.15. The van der Waals surface area contributed by atoms with Crippen LogP contribution in [0.5, 0.6) is 0 Å². The third-order valence-corrected chi connectivity index (χ3v) is 8.36. The van der Waals surface area contributed by atoms with Crippen molar-refractivity contribution < 1.29 is 16.8 Å². The lowest BCUT2D eigenvalue weighted by molar-refractivity contribution is 0.485. The average Bonchev–Trinajstić information content (AvgIpc) is 2.64. The molecule has 3 rings (SSSR count). The van der Waals surface area contributed by atoms with Gasteiger partial charge in [0.25, 0.3) is 10.0 Å². The van der Waals surface area contributed by atoms with E-state index in [0.29, 0.717) is 22.9 Å². The Hall–Kier alpha value is -2.10. The van der Waals surface area contributed by atoms with E-state index >= 15 is 0 Å². The second kappa shape index (κ2) is 8.20. The lowest BCUT2D eigenvalue weighted by atomic mass is 10.0. The molecule has 0 spiro atoms. The number of nitrogens with one attached hydrogen (secondary N) is 1. The van der Waals surface area contributed by atoms with Gasteiger partial charge in [0.1, 0.15) is 0 Å². The quantitative estimate of drug-likeness (QED) is 0.724. The van der Waals surface area contributed by atoms with E-state index in [0.717, 1.165) is 30.6 Å². The number of piperidine rings is 1. The Morgan fingerprint density at radius 2 is 1.60 bits per heavy atom. The molecule has 0 saturated carbocycles. The first-order chi connectivity index (χ1) is 13.9. The van der Waals surface area contributed by atoms with Crippen molar-refractivity contribution in [2.45, 2.75) is 62.8 Å². The van der Waals surface area contributed by atoms with Gasteiger partial charge >= 0.3 is 0 Å². The highest BCUT2D eigenvalue weighted by Crippen LogP contribution is 2.34. The van der Waals surface area contributed by atoms with E-state index < -0.39 is 20.0 Å². The van der Waals surface area contributed by atoms with Crippen molar-refractivity contribution in [2.75, 3.05) is 16.2 Å². The summed E-state index contributed by atoms with van der Waals surface area (Å²) in [5.74, 6) is 0. The summed E-state index contributed by atoms with van der Waals surface area (Å²) < 4.78 is 52.7. The summed E-state index contributed by atoms with van der Waals surface area (Å²) in [6, 6.07) is 8.52. The maximum absolute atomic E-state index is 13.2. The van der Waals surface area contributed by atoms with Gasteiger partial charge in [-0.1, -0.05) is 6.07 Å². The van der Waals surface area contributed by atoms with Gasteiger partial charge in [0.05, 0.1) is 21.2 Å². The molecule has 1 atom stereocenters. The normalized spacial score (nSPS) is 17.8. The second-order valence-electron chi connectivity index (χ2n) is 8.02. The first kappa shape index (κ1) is 22.6. The number of hydrogen-bond acceptors (Lipinski definition) is 5. The Labute approximate surface area is 179 Å². The molecule has 1 unspecified atom stereocenters. The fraction of sp³-hybridized carbons (Fsp3) is 0.429. The predicted molar refractivity (Wildman–Crippen MR) is 120 cm³/mol. The fourth-order valence-corrected chi connectivity index (χ4v) is 6.20. The molecule has 0 amide bonds. The first-order valence-electron chi connectivity index (χ1n) is 9.95. The van der Waals surface area contributed by atoms with Crippen LogP contribution in [0.2, 0.25) is 0 Å². The molecule has 2 aromatic rings. The zero-order valence-corrected chi connectivity index (χ0v) is 19.4. The zero-order valence-electron chi connectivity index (χ0n) is 17.8. The van der Waals surface area contributed by atoms with Crippen LogP contribution in [0.15, 0.2) is 40.1 Å². The van der Waals surface area contributed by atoms with Crippen molar-refractivity contribution in [1.82, 2.24) is 0 Å². The van der Waals surface area contributed by atoms with Crippen LogP contribution in [-0.2, 0) is 20.0 Å². The zero-order chi connectivity index (χ0) is 22.3. The van der Waals surface area contributed by atoms with Gasteiger partial charge in [-0.25, -0.2) is 22.0 Å². The summed E-state index contributed by atoms with van der Waals surface area (Å²) >= 11 is 0. The maximum Gasteiger partial charge on any atom is 0.262 e. The van der Waals surface area contributed by atoms with Crippen LogP contribution in [0.1, 0.15) is 42.9 Å². The SMILES string of the molecule is Cc1ccc(NS(=O)(=O)c2ccc(S(N)(=O)=O)c(C)c2C)c(N2CCCCC2C)c1. The molecular weight excluding hydrogens is 422 g/mol. The van der Waals surface area contributed by atoms with Crippen molar-refractivity contribution in [2.24, 2.45) is 5.14 Å². The minimum Gasteiger partial charge on any atom is -0.367 e. The number of nitrogens with two attached hydrogens (primary N) is 1. The van der Waals surface area contributed by atoms with Crippen LogP contribution in [0.3, 0.4) is 0 Å². The van der Waals surface area contributed by atoms with Gasteiger partial charge in [-0.3, -0.25) is 4.72 Å². The van der Waals surface area contributed by atoms with Crippen LogP contribution in [0.4, 0.5) is 11.4 Å². The van der Waals surface area contributed by atoms with Crippen LogP contribution >= 0.6 is 0 Å². The van der Waals surface area contributed by atoms with Crippen molar-refractivity contribution in [3.63, 3.8) is 0 Å². The van der Waals surface area contributed by atoms with E-state index in [1.165, 1.54) is 18.6 Å². The molecule has 0 aromatic heterocycles. The Kier molecular flexibility index (Phi) is 6.18. The van der Waals surface area contributed by atoms with E-state index in [9.17, 15) is 16.8 Å². The molecule has 1 heterocycles. The van der Waals surface area contributed by atoms with Gasteiger partial charge < -0.3 is 4.90 Å². The van der Waals surface area contributed by atoms with E-state index in [1.54, 1.807) is 19.9 Å². The molecular formula is C21H29N3O4S2. The molecule has 0 bridgehead atoms. The van der Waals surface area contributed by atoms with Crippen molar-refractivity contribution >= 4 is 31.4 Å². The number of rotatable bonds is 5. The van der Waals surface area contributed by atoms with E-state index in [-0.39, 0.29) is 9.79 Å². The van der Waals surface area contributed by atoms with Gasteiger partial charge in [-0.2, -0.15) is 0 Å². The second-order valence-corrected chi connectivity index (χ2v) is 11.2. The largest absolute Gasteiger partial charge is 0.367 e. The molecule has 0 radical (unpaired) electrons. The smallest absolute Gasteiger partial charge is 0.262 e. The number of benzene rings is 2. The lowest BCUT2D eigenvalue weighted by Crippen LogP contribution is -2.38. The summed E-state index contributed by atoms with van der Waals surface area (Å²) in [5, 5.41) is 5.24. The van der Waals surface area contributed by atoms with Crippen LogP contribution in [0, 0.1) is 20.8 Å².